The molecule has 0 aliphatic heterocycles. The molecule has 3 rings (SSSR count). The van der Waals surface area contributed by atoms with Crippen LogP contribution in [0.5, 0.6) is 0 Å². The second-order valence-electron chi connectivity index (χ2n) is 4.50. The first-order valence-electron chi connectivity index (χ1n) is 5.41. The van der Waals surface area contributed by atoms with E-state index < -0.39 is 11.4 Å². The summed E-state index contributed by atoms with van der Waals surface area (Å²) in [7, 11) is 1.80. The lowest BCUT2D eigenvalue weighted by Crippen LogP contribution is -2.19. The lowest BCUT2D eigenvalue weighted by molar-refractivity contribution is -0.139. The van der Waals surface area contributed by atoms with Crippen molar-refractivity contribution in [3.05, 3.63) is 28.9 Å². The number of aryl methyl sites for hydroxylation is 1. The summed E-state index contributed by atoms with van der Waals surface area (Å²) in [4.78, 5) is 11.4. The van der Waals surface area contributed by atoms with Gasteiger partial charge in [-0.2, -0.15) is 5.10 Å². The van der Waals surface area contributed by atoms with Gasteiger partial charge in [0.15, 0.2) is 5.15 Å². The molecule has 1 aromatic heterocycles. The summed E-state index contributed by atoms with van der Waals surface area (Å²) in [5.41, 5.74) is 0.923. The number of rotatable bonds is 2. The molecular formula is C12H11ClN2O2. The lowest BCUT2D eigenvalue weighted by Gasteiger charge is -2.11. The number of benzene rings is 1. The number of fused-ring (bicyclic) bond motifs is 1. The SMILES string of the molecule is Cn1nc(Cl)c2c(C3(C(=O)O)CC3)cccc21. The summed E-state index contributed by atoms with van der Waals surface area (Å²) in [6, 6.07) is 5.60. The van der Waals surface area contributed by atoms with Gasteiger partial charge in [-0.3, -0.25) is 9.48 Å². The van der Waals surface area contributed by atoms with E-state index in [1.807, 2.05) is 18.2 Å². The molecule has 88 valence electrons. The minimum atomic E-state index is -0.773. The van der Waals surface area contributed by atoms with E-state index in [4.69, 9.17) is 11.6 Å². The molecule has 1 aliphatic rings. The van der Waals surface area contributed by atoms with Crippen molar-refractivity contribution in [3.8, 4) is 0 Å². The fraction of sp³-hybridized carbons (Fsp3) is 0.333. The van der Waals surface area contributed by atoms with Crippen LogP contribution in [-0.2, 0) is 17.3 Å². The van der Waals surface area contributed by atoms with Crippen LogP contribution in [-0.4, -0.2) is 20.9 Å². The maximum atomic E-state index is 11.4. The molecule has 4 nitrogen and oxygen atoms in total. The summed E-state index contributed by atoms with van der Waals surface area (Å²) in [5, 5.41) is 14.6. The zero-order valence-electron chi connectivity index (χ0n) is 9.27. The molecule has 0 atom stereocenters. The van der Waals surface area contributed by atoms with E-state index in [2.05, 4.69) is 5.10 Å². The van der Waals surface area contributed by atoms with Gasteiger partial charge in [-0.05, 0) is 24.5 Å². The highest BCUT2D eigenvalue weighted by Gasteiger charge is 2.52. The van der Waals surface area contributed by atoms with E-state index >= 15 is 0 Å². The number of carboxylic acid groups (broad SMARTS) is 1. The number of halogens is 1. The molecule has 5 heteroatoms. The van der Waals surface area contributed by atoms with Crippen molar-refractivity contribution in [2.75, 3.05) is 0 Å². The Labute approximate surface area is 103 Å². The van der Waals surface area contributed by atoms with Crippen LogP contribution in [0.3, 0.4) is 0 Å². The molecule has 0 unspecified atom stereocenters. The van der Waals surface area contributed by atoms with Crippen molar-refractivity contribution in [3.63, 3.8) is 0 Å². The van der Waals surface area contributed by atoms with Gasteiger partial charge in [0.05, 0.1) is 10.9 Å². The Hall–Kier alpha value is -1.55. The summed E-state index contributed by atoms with van der Waals surface area (Å²) in [6.07, 6.45) is 1.35. The Morgan fingerprint density at radius 2 is 2.24 bits per heavy atom. The lowest BCUT2D eigenvalue weighted by atomic mass is 9.93. The molecule has 0 radical (unpaired) electrons. The summed E-state index contributed by atoms with van der Waals surface area (Å²) >= 11 is 6.10. The largest absolute Gasteiger partial charge is 0.481 e. The van der Waals surface area contributed by atoms with Crippen molar-refractivity contribution in [2.45, 2.75) is 18.3 Å². The van der Waals surface area contributed by atoms with Crippen molar-refractivity contribution in [1.29, 1.82) is 0 Å². The molecule has 1 saturated carbocycles. The first-order chi connectivity index (χ1) is 8.06. The first kappa shape index (κ1) is 10.6. The zero-order chi connectivity index (χ0) is 12.2. The fourth-order valence-corrected chi connectivity index (χ4v) is 2.70. The molecule has 1 N–H and O–H groups in total. The van der Waals surface area contributed by atoms with Crippen LogP contribution in [0.1, 0.15) is 18.4 Å². The Balaban J connectivity index is 2.34. The third-order valence-electron chi connectivity index (χ3n) is 3.51. The standard InChI is InChI=1S/C12H11ClN2O2/c1-15-8-4-2-3-7(9(8)10(13)14-15)12(5-6-12)11(16)17/h2-4H,5-6H2,1H3,(H,16,17). The molecule has 0 saturated heterocycles. The molecular weight excluding hydrogens is 240 g/mol. The number of aromatic nitrogens is 2. The summed E-state index contributed by atoms with van der Waals surface area (Å²) < 4.78 is 1.68. The van der Waals surface area contributed by atoms with Crippen LogP contribution in [0.2, 0.25) is 5.15 Å². The maximum Gasteiger partial charge on any atom is 0.314 e. The Bertz CT molecular complexity index is 629. The van der Waals surface area contributed by atoms with E-state index in [1.165, 1.54) is 0 Å². The normalized spacial score (nSPS) is 17.3. The third kappa shape index (κ3) is 1.30. The van der Waals surface area contributed by atoms with Crippen LogP contribution in [0.25, 0.3) is 10.9 Å². The predicted octanol–water partition coefficient (Wildman–Crippen LogP) is 2.34. The topological polar surface area (TPSA) is 55.1 Å². The predicted molar refractivity (Wildman–Crippen MR) is 64.3 cm³/mol. The van der Waals surface area contributed by atoms with Gasteiger partial charge in [0, 0.05) is 12.4 Å². The highest BCUT2D eigenvalue weighted by molar-refractivity contribution is 6.34. The summed E-state index contributed by atoms with van der Waals surface area (Å²) in [6.45, 7) is 0. The average Bonchev–Trinajstić information content (AvgIpc) is 3.04. The molecule has 2 aromatic rings. The molecule has 1 fully saturated rings. The van der Waals surface area contributed by atoms with Crippen molar-refractivity contribution >= 4 is 28.5 Å². The van der Waals surface area contributed by atoms with Crippen LogP contribution < -0.4 is 0 Å². The third-order valence-corrected chi connectivity index (χ3v) is 3.77. The van der Waals surface area contributed by atoms with Gasteiger partial charge >= 0.3 is 5.97 Å². The van der Waals surface area contributed by atoms with Gasteiger partial charge in [0.1, 0.15) is 0 Å². The molecule has 0 spiro atoms. The van der Waals surface area contributed by atoms with Crippen LogP contribution in [0.4, 0.5) is 0 Å². The minimum absolute atomic E-state index is 0.380. The van der Waals surface area contributed by atoms with Crippen molar-refractivity contribution in [2.24, 2.45) is 7.05 Å². The summed E-state index contributed by atoms with van der Waals surface area (Å²) in [5.74, 6) is -0.773. The van der Waals surface area contributed by atoms with E-state index in [-0.39, 0.29) is 0 Å². The number of carbonyl (C=O) groups is 1. The monoisotopic (exact) mass is 250 g/mol. The zero-order valence-corrected chi connectivity index (χ0v) is 10.0. The van der Waals surface area contributed by atoms with Gasteiger partial charge < -0.3 is 5.11 Å². The second-order valence-corrected chi connectivity index (χ2v) is 4.86. The minimum Gasteiger partial charge on any atom is -0.481 e. The molecule has 1 aromatic carbocycles. The maximum absolute atomic E-state index is 11.4. The first-order valence-corrected chi connectivity index (χ1v) is 5.79. The number of nitrogens with zero attached hydrogens (tertiary/aromatic N) is 2. The molecule has 17 heavy (non-hydrogen) atoms. The van der Waals surface area contributed by atoms with Crippen LogP contribution in [0.15, 0.2) is 18.2 Å². The van der Waals surface area contributed by atoms with Gasteiger partial charge in [-0.15, -0.1) is 0 Å². The van der Waals surface area contributed by atoms with Crippen molar-refractivity contribution in [1.82, 2.24) is 9.78 Å². The van der Waals surface area contributed by atoms with Crippen LogP contribution in [0, 0.1) is 0 Å². The Morgan fingerprint density at radius 3 is 2.82 bits per heavy atom. The molecule has 0 bridgehead atoms. The molecule has 0 amide bonds. The second kappa shape index (κ2) is 3.23. The van der Waals surface area contributed by atoms with Crippen LogP contribution >= 0.6 is 11.6 Å². The van der Waals surface area contributed by atoms with Gasteiger partial charge in [0.2, 0.25) is 0 Å². The number of hydrogen-bond acceptors (Lipinski definition) is 2. The Kier molecular flexibility index (Phi) is 2.01. The number of carboxylic acids is 1. The molecule has 1 heterocycles. The van der Waals surface area contributed by atoms with Crippen molar-refractivity contribution < 1.29 is 9.90 Å². The highest BCUT2D eigenvalue weighted by atomic mass is 35.5. The molecule has 1 aliphatic carbocycles. The van der Waals surface area contributed by atoms with Gasteiger partial charge in [-0.1, -0.05) is 23.7 Å². The van der Waals surface area contributed by atoms with E-state index in [0.717, 1.165) is 16.5 Å². The fourth-order valence-electron chi connectivity index (χ4n) is 2.38. The number of aliphatic carboxylic acids is 1. The van der Waals surface area contributed by atoms with E-state index in [9.17, 15) is 9.90 Å². The van der Waals surface area contributed by atoms with E-state index in [1.54, 1.807) is 11.7 Å². The number of hydrogen-bond donors (Lipinski definition) is 1. The highest BCUT2D eigenvalue weighted by Crippen LogP contribution is 2.51. The smallest absolute Gasteiger partial charge is 0.314 e. The van der Waals surface area contributed by atoms with E-state index in [0.29, 0.717) is 18.0 Å². The quantitative estimate of drug-likeness (QED) is 0.890. The Morgan fingerprint density at radius 1 is 1.53 bits per heavy atom. The van der Waals surface area contributed by atoms with Gasteiger partial charge in [0.25, 0.3) is 0 Å². The average molecular weight is 251 g/mol. The van der Waals surface area contributed by atoms with Gasteiger partial charge in [-0.25, -0.2) is 0 Å².